The molecule has 3 aliphatic carbocycles. The van der Waals surface area contributed by atoms with Gasteiger partial charge < -0.3 is 30.7 Å². The lowest BCUT2D eigenvalue weighted by molar-refractivity contribution is -0.140. The number of benzene rings is 2. The SMILES string of the molecule is CC(C)CC(NCCN(CCNC(CC(C)C)=C1C(=O)CC(C)(C)CC1=O)C(=O)CCC(NC(=O)OCC1c2ccccc2-c2ccccc21)C(=O)O)=C1C(=O)CC(C)(C)CC1=O. The van der Waals surface area contributed by atoms with E-state index >= 15 is 0 Å². The Morgan fingerprint density at radius 2 is 1.11 bits per heavy atom. The van der Waals surface area contributed by atoms with E-state index < -0.39 is 34.8 Å². The van der Waals surface area contributed by atoms with Crippen molar-refractivity contribution in [2.75, 3.05) is 32.8 Å². The molecular weight excluding hydrogens is 801 g/mol. The summed E-state index contributed by atoms with van der Waals surface area (Å²) in [6.07, 6.45) is 0.530. The fourth-order valence-electron chi connectivity index (χ4n) is 9.05. The minimum atomic E-state index is -1.42. The number of aliphatic carboxylic acids is 1. The molecule has 0 saturated heterocycles. The quantitative estimate of drug-likeness (QED) is 0.0821. The van der Waals surface area contributed by atoms with Crippen LogP contribution < -0.4 is 16.0 Å². The topological polar surface area (TPSA) is 188 Å². The monoisotopic (exact) mass is 866 g/mol. The van der Waals surface area contributed by atoms with Gasteiger partial charge in [0.1, 0.15) is 12.6 Å². The number of Topliss-reactive ketones (excluding diaryl/α,β-unsaturated/α-hetero) is 4. The number of fused-ring (bicyclic) bond motifs is 3. The molecular formula is C50H66N4O9. The highest BCUT2D eigenvalue weighted by Crippen LogP contribution is 2.44. The second-order valence-corrected chi connectivity index (χ2v) is 19.8. The molecule has 2 amide bonds. The number of carboxylic acid groups (broad SMARTS) is 1. The Morgan fingerprint density at radius 3 is 1.51 bits per heavy atom. The number of nitrogens with one attached hydrogen (secondary N) is 3. The number of allylic oxidation sites excluding steroid dienone is 4. The first-order valence-corrected chi connectivity index (χ1v) is 22.3. The van der Waals surface area contributed by atoms with Crippen molar-refractivity contribution in [3.8, 4) is 11.1 Å². The van der Waals surface area contributed by atoms with Gasteiger partial charge >= 0.3 is 12.1 Å². The van der Waals surface area contributed by atoms with Crippen molar-refractivity contribution in [3.05, 3.63) is 82.2 Å². The van der Waals surface area contributed by atoms with E-state index in [9.17, 15) is 38.7 Å². The first-order valence-electron chi connectivity index (χ1n) is 22.3. The van der Waals surface area contributed by atoms with Crippen molar-refractivity contribution in [1.82, 2.24) is 20.9 Å². The van der Waals surface area contributed by atoms with Gasteiger partial charge in [-0.15, -0.1) is 0 Å². The minimum Gasteiger partial charge on any atom is -0.480 e. The molecule has 2 aromatic rings. The maximum atomic E-state index is 14.0. The zero-order chi connectivity index (χ0) is 46.2. The van der Waals surface area contributed by atoms with Gasteiger partial charge in [0, 0.05) is 75.6 Å². The van der Waals surface area contributed by atoms with Gasteiger partial charge in [-0.2, -0.15) is 0 Å². The summed E-state index contributed by atoms with van der Waals surface area (Å²) >= 11 is 0. The van der Waals surface area contributed by atoms with Crippen LogP contribution in [0, 0.1) is 22.7 Å². The fraction of sp³-hybridized carbons (Fsp3) is 0.540. The van der Waals surface area contributed by atoms with Gasteiger partial charge in [-0.1, -0.05) is 104 Å². The van der Waals surface area contributed by atoms with Gasteiger partial charge in [-0.3, -0.25) is 24.0 Å². The van der Waals surface area contributed by atoms with Crippen LogP contribution in [-0.2, 0) is 33.5 Å². The zero-order valence-corrected chi connectivity index (χ0v) is 38.3. The Labute approximate surface area is 371 Å². The number of rotatable bonds is 19. The molecule has 2 aromatic carbocycles. The minimum absolute atomic E-state index is 0.00721. The van der Waals surface area contributed by atoms with Crippen LogP contribution in [0.5, 0.6) is 0 Å². The van der Waals surface area contributed by atoms with E-state index in [2.05, 4.69) is 16.0 Å². The zero-order valence-electron chi connectivity index (χ0n) is 38.3. The summed E-state index contributed by atoms with van der Waals surface area (Å²) in [4.78, 5) is 94.3. The number of nitrogens with zero attached hydrogens (tertiary/aromatic N) is 1. The molecule has 1 unspecified atom stereocenters. The lowest BCUT2D eigenvalue weighted by Crippen LogP contribution is -2.44. The van der Waals surface area contributed by atoms with Crippen LogP contribution in [0.25, 0.3) is 11.1 Å². The summed E-state index contributed by atoms with van der Waals surface area (Å²) < 4.78 is 5.60. The Kier molecular flexibility index (Phi) is 15.9. The fourth-order valence-corrected chi connectivity index (χ4v) is 9.05. The molecule has 13 nitrogen and oxygen atoms in total. The van der Waals surface area contributed by atoms with Crippen molar-refractivity contribution in [2.45, 2.75) is 119 Å². The van der Waals surface area contributed by atoms with Crippen LogP contribution in [0.1, 0.15) is 124 Å². The number of hydrogen-bond acceptors (Lipinski definition) is 10. The molecule has 2 saturated carbocycles. The van der Waals surface area contributed by atoms with Gasteiger partial charge in [0.25, 0.3) is 0 Å². The molecule has 0 radical (unpaired) electrons. The van der Waals surface area contributed by atoms with Crippen LogP contribution in [0.4, 0.5) is 4.79 Å². The smallest absolute Gasteiger partial charge is 0.407 e. The molecule has 13 heteroatoms. The maximum Gasteiger partial charge on any atom is 0.407 e. The predicted octanol–water partition coefficient (Wildman–Crippen LogP) is 7.28. The summed E-state index contributed by atoms with van der Waals surface area (Å²) in [6, 6.07) is 14.3. The van der Waals surface area contributed by atoms with Crippen LogP contribution in [0.3, 0.4) is 0 Å². The molecule has 0 spiro atoms. The summed E-state index contributed by atoms with van der Waals surface area (Å²) in [6.45, 7) is 16.2. The van der Waals surface area contributed by atoms with Crippen LogP contribution in [-0.4, -0.2) is 89.9 Å². The van der Waals surface area contributed by atoms with E-state index in [-0.39, 0.29) is 123 Å². The average molecular weight is 867 g/mol. The molecule has 3 aliphatic rings. The van der Waals surface area contributed by atoms with Crippen molar-refractivity contribution < 1.29 is 43.4 Å². The highest BCUT2D eigenvalue weighted by Gasteiger charge is 2.39. The first kappa shape index (κ1) is 48.4. The number of ketones is 4. The number of carboxylic acids is 1. The van der Waals surface area contributed by atoms with Gasteiger partial charge in [-0.05, 0) is 64.2 Å². The Bertz CT molecular complexity index is 2000. The van der Waals surface area contributed by atoms with E-state index in [1.54, 1.807) is 4.90 Å². The molecule has 2 fully saturated rings. The number of ether oxygens (including phenoxy) is 1. The number of carbonyl (C=O) groups is 7. The molecule has 0 aliphatic heterocycles. The maximum absolute atomic E-state index is 14.0. The summed E-state index contributed by atoms with van der Waals surface area (Å²) in [5.41, 5.74) is 4.72. The first-order chi connectivity index (χ1) is 29.7. The molecule has 0 heterocycles. The predicted molar refractivity (Wildman–Crippen MR) is 240 cm³/mol. The van der Waals surface area contributed by atoms with Crippen LogP contribution in [0.15, 0.2) is 71.1 Å². The van der Waals surface area contributed by atoms with Crippen molar-refractivity contribution in [1.29, 1.82) is 0 Å². The molecule has 63 heavy (non-hydrogen) atoms. The molecule has 0 aromatic heterocycles. The molecule has 1 atom stereocenters. The van der Waals surface area contributed by atoms with E-state index in [0.717, 1.165) is 22.3 Å². The lowest BCUT2D eigenvalue weighted by Gasteiger charge is -2.31. The third-order valence-electron chi connectivity index (χ3n) is 11.9. The number of carbonyl (C=O) groups excluding carboxylic acids is 6. The van der Waals surface area contributed by atoms with Crippen LogP contribution >= 0.6 is 0 Å². The number of amides is 2. The second-order valence-electron chi connectivity index (χ2n) is 19.8. The third kappa shape index (κ3) is 12.8. The summed E-state index contributed by atoms with van der Waals surface area (Å²) in [7, 11) is 0. The molecule has 0 bridgehead atoms. The van der Waals surface area contributed by atoms with Gasteiger partial charge in [0.05, 0.1) is 11.1 Å². The molecule has 340 valence electrons. The van der Waals surface area contributed by atoms with Crippen molar-refractivity contribution in [2.24, 2.45) is 22.7 Å². The standard InChI is InChI=1S/C50H66N4O9/c1-30(2)23-38(45-40(55)25-49(5,6)26-41(45)56)51-19-21-54(22-20-52-39(24-31(3)4)46-42(57)27-50(7,8)28-43(46)58)44(59)18-17-37(47(60)61)53-48(62)63-29-36-34-15-11-9-13-32(34)33-14-10-12-16-35(33)36/h9-16,30-31,36-37,51-52H,17-29H2,1-8H3,(H,53,62)(H,60,61). The summed E-state index contributed by atoms with van der Waals surface area (Å²) in [5.74, 6) is -2.52. The number of alkyl carbamates (subject to hydrolysis) is 1. The van der Waals surface area contributed by atoms with Gasteiger partial charge in [0.2, 0.25) is 5.91 Å². The molecule has 5 rings (SSSR count). The van der Waals surface area contributed by atoms with E-state index in [0.29, 0.717) is 24.2 Å². The second kappa shape index (κ2) is 20.7. The number of hydrogen-bond donors (Lipinski definition) is 4. The Hall–Kier alpha value is -5.59. The van der Waals surface area contributed by atoms with E-state index in [1.165, 1.54) is 0 Å². The highest BCUT2D eigenvalue weighted by atomic mass is 16.5. The van der Waals surface area contributed by atoms with E-state index in [4.69, 9.17) is 4.74 Å². The highest BCUT2D eigenvalue weighted by molar-refractivity contribution is 6.23. The van der Waals surface area contributed by atoms with Gasteiger partial charge in [-0.25, -0.2) is 9.59 Å². The summed E-state index contributed by atoms with van der Waals surface area (Å²) in [5, 5.41) is 19.2. The van der Waals surface area contributed by atoms with Gasteiger partial charge in [0.15, 0.2) is 23.1 Å². The average Bonchev–Trinajstić information content (AvgIpc) is 3.49. The molecule has 4 N–H and O–H groups in total. The van der Waals surface area contributed by atoms with E-state index in [1.807, 2.05) is 104 Å². The third-order valence-corrected chi connectivity index (χ3v) is 11.9. The Balaban J connectivity index is 1.29. The van der Waals surface area contributed by atoms with Crippen LogP contribution in [0.2, 0.25) is 0 Å². The van der Waals surface area contributed by atoms with Crippen molar-refractivity contribution >= 4 is 41.1 Å². The largest absolute Gasteiger partial charge is 0.480 e. The lowest BCUT2D eigenvalue weighted by atomic mass is 9.73. The normalized spacial score (nSPS) is 17.3. The Morgan fingerprint density at radius 1 is 0.698 bits per heavy atom. The van der Waals surface area contributed by atoms with Crippen molar-refractivity contribution in [3.63, 3.8) is 0 Å².